The fourth-order valence-electron chi connectivity index (χ4n) is 3.86. The van der Waals surface area contributed by atoms with Crippen molar-refractivity contribution >= 4 is 11.9 Å². The zero-order valence-corrected chi connectivity index (χ0v) is 14.7. The molecule has 1 atom stereocenters. The summed E-state index contributed by atoms with van der Waals surface area (Å²) in [4.78, 5) is 30.6. The molecule has 3 heterocycles. The van der Waals surface area contributed by atoms with E-state index in [0.717, 1.165) is 39.0 Å². The average Bonchev–Trinajstić information content (AvgIpc) is 3.07. The first kappa shape index (κ1) is 17.9. The molecule has 1 aromatic heterocycles. The number of carbonyl (C=O) groups is 2. The molecule has 0 spiro atoms. The van der Waals surface area contributed by atoms with E-state index >= 15 is 0 Å². The molecule has 2 aliphatic rings. The number of H-pyrrole nitrogens is 1. The van der Waals surface area contributed by atoms with Crippen LogP contribution in [0, 0.1) is 5.92 Å². The first-order valence-electron chi connectivity index (χ1n) is 9.06. The van der Waals surface area contributed by atoms with Gasteiger partial charge in [0.15, 0.2) is 0 Å². The quantitative estimate of drug-likeness (QED) is 0.815. The molecular weight excluding hydrogens is 322 g/mol. The number of carboxylic acids is 1. The summed E-state index contributed by atoms with van der Waals surface area (Å²) in [6.45, 7) is 7.40. The van der Waals surface area contributed by atoms with Crippen LogP contribution in [-0.2, 0) is 4.79 Å². The minimum Gasteiger partial charge on any atom is -0.481 e. The summed E-state index contributed by atoms with van der Waals surface area (Å²) >= 11 is 0. The van der Waals surface area contributed by atoms with Crippen LogP contribution in [0.1, 0.15) is 30.3 Å². The molecule has 2 N–H and O–H groups in total. The van der Waals surface area contributed by atoms with Crippen molar-refractivity contribution in [3.05, 3.63) is 18.0 Å². The maximum Gasteiger partial charge on any atom is 0.309 e. The highest BCUT2D eigenvalue weighted by molar-refractivity contribution is 5.92. The van der Waals surface area contributed by atoms with Gasteiger partial charge in [-0.1, -0.05) is 6.92 Å². The summed E-state index contributed by atoms with van der Waals surface area (Å²) in [5.74, 6) is -1.56. The van der Waals surface area contributed by atoms with Crippen molar-refractivity contribution in [1.29, 1.82) is 0 Å². The largest absolute Gasteiger partial charge is 0.481 e. The standard InChI is InChI=1S/C17H27N5O3/c1-2-20-7-4-14(5-8-20)21-9-10-22(12-13(11-21)17(24)25)16(23)15-3-6-18-19-15/h3,6,13-14H,2,4-5,7-12H2,1H3,(H,18,19)(H,24,25)/t13-/m1/s1. The molecule has 0 unspecified atom stereocenters. The van der Waals surface area contributed by atoms with Crippen LogP contribution in [0.4, 0.5) is 0 Å². The number of nitrogens with zero attached hydrogens (tertiary/aromatic N) is 4. The van der Waals surface area contributed by atoms with Gasteiger partial charge in [-0.15, -0.1) is 0 Å². The zero-order chi connectivity index (χ0) is 17.8. The third-order valence-electron chi connectivity index (χ3n) is 5.44. The molecule has 0 radical (unpaired) electrons. The molecule has 2 fully saturated rings. The Morgan fingerprint density at radius 3 is 2.60 bits per heavy atom. The predicted molar refractivity (Wildman–Crippen MR) is 92.3 cm³/mol. The normalized spacial score (nSPS) is 24.2. The minimum absolute atomic E-state index is 0.175. The number of likely N-dealkylation sites (tertiary alicyclic amines) is 1. The van der Waals surface area contributed by atoms with E-state index < -0.39 is 11.9 Å². The molecule has 0 bridgehead atoms. The SMILES string of the molecule is CCN1CCC(N2CCN(C(=O)c3ccn[nH]3)C[C@H](C(=O)O)C2)CC1. The number of hydrogen-bond acceptors (Lipinski definition) is 5. The van der Waals surface area contributed by atoms with Gasteiger partial charge in [0.05, 0.1) is 5.92 Å². The number of aliphatic carboxylic acids is 1. The summed E-state index contributed by atoms with van der Waals surface area (Å²) in [5, 5.41) is 16.1. The molecule has 0 saturated carbocycles. The van der Waals surface area contributed by atoms with Crippen LogP contribution in [0.25, 0.3) is 0 Å². The maximum absolute atomic E-state index is 12.6. The van der Waals surface area contributed by atoms with Gasteiger partial charge in [-0.05, 0) is 38.5 Å². The highest BCUT2D eigenvalue weighted by Gasteiger charge is 2.34. The Hall–Kier alpha value is -1.93. The van der Waals surface area contributed by atoms with E-state index in [-0.39, 0.29) is 12.5 Å². The molecule has 0 aromatic carbocycles. The van der Waals surface area contributed by atoms with Gasteiger partial charge in [-0.25, -0.2) is 0 Å². The van der Waals surface area contributed by atoms with E-state index in [0.29, 0.717) is 24.8 Å². The van der Waals surface area contributed by atoms with Gasteiger partial charge in [0.2, 0.25) is 0 Å². The molecule has 1 amide bonds. The lowest BCUT2D eigenvalue weighted by Crippen LogP contribution is -2.47. The third kappa shape index (κ3) is 4.19. The highest BCUT2D eigenvalue weighted by atomic mass is 16.4. The number of hydrogen-bond donors (Lipinski definition) is 2. The Kier molecular flexibility index (Phi) is 5.70. The Labute approximate surface area is 147 Å². The van der Waals surface area contributed by atoms with E-state index in [9.17, 15) is 14.7 Å². The minimum atomic E-state index is -0.833. The van der Waals surface area contributed by atoms with E-state index in [1.54, 1.807) is 11.0 Å². The highest BCUT2D eigenvalue weighted by Crippen LogP contribution is 2.21. The van der Waals surface area contributed by atoms with Gasteiger partial charge >= 0.3 is 5.97 Å². The fourth-order valence-corrected chi connectivity index (χ4v) is 3.86. The lowest BCUT2D eigenvalue weighted by Gasteiger charge is -2.38. The van der Waals surface area contributed by atoms with E-state index in [1.165, 1.54) is 6.20 Å². The number of piperidine rings is 1. The number of carbonyl (C=O) groups excluding carboxylic acids is 1. The van der Waals surface area contributed by atoms with Crippen LogP contribution >= 0.6 is 0 Å². The molecule has 3 rings (SSSR count). The van der Waals surface area contributed by atoms with Crippen LogP contribution in [0.15, 0.2) is 12.3 Å². The fraction of sp³-hybridized carbons (Fsp3) is 0.706. The van der Waals surface area contributed by atoms with Crippen molar-refractivity contribution in [2.75, 3.05) is 45.8 Å². The van der Waals surface area contributed by atoms with Gasteiger partial charge < -0.3 is 14.9 Å². The molecular formula is C17H27N5O3. The molecule has 2 saturated heterocycles. The third-order valence-corrected chi connectivity index (χ3v) is 5.44. The van der Waals surface area contributed by atoms with Crippen molar-refractivity contribution in [3.63, 3.8) is 0 Å². The molecule has 0 aliphatic carbocycles. The van der Waals surface area contributed by atoms with Crippen LogP contribution in [0.5, 0.6) is 0 Å². The number of aromatic amines is 1. The van der Waals surface area contributed by atoms with Crippen molar-refractivity contribution in [1.82, 2.24) is 24.9 Å². The van der Waals surface area contributed by atoms with Crippen LogP contribution in [0.2, 0.25) is 0 Å². The second-order valence-corrected chi connectivity index (χ2v) is 6.92. The van der Waals surface area contributed by atoms with E-state index in [2.05, 4.69) is 26.9 Å². The van der Waals surface area contributed by atoms with Crippen molar-refractivity contribution in [2.24, 2.45) is 5.92 Å². The summed E-state index contributed by atoms with van der Waals surface area (Å²) < 4.78 is 0. The summed E-state index contributed by atoms with van der Waals surface area (Å²) in [6.07, 6.45) is 3.66. The van der Waals surface area contributed by atoms with Gasteiger partial charge in [0, 0.05) is 38.4 Å². The Morgan fingerprint density at radius 1 is 1.24 bits per heavy atom. The van der Waals surface area contributed by atoms with Gasteiger partial charge in [0.25, 0.3) is 5.91 Å². The number of amides is 1. The van der Waals surface area contributed by atoms with Crippen LogP contribution in [-0.4, -0.2) is 93.7 Å². The number of carboxylic acid groups (broad SMARTS) is 1. The molecule has 25 heavy (non-hydrogen) atoms. The average molecular weight is 349 g/mol. The molecule has 2 aliphatic heterocycles. The number of nitrogens with one attached hydrogen (secondary N) is 1. The Bertz CT molecular complexity index is 583. The summed E-state index contributed by atoms with van der Waals surface area (Å²) in [5.41, 5.74) is 0.411. The maximum atomic E-state index is 12.6. The first-order valence-corrected chi connectivity index (χ1v) is 9.06. The lowest BCUT2D eigenvalue weighted by molar-refractivity contribution is -0.142. The summed E-state index contributed by atoms with van der Waals surface area (Å²) in [6, 6.07) is 2.04. The molecule has 138 valence electrons. The van der Waals surface area contributed by atoms with E-state index in [4.69, 9.17) is 0 Å². The molecule has 1 aromatic rings. The number of aromatic nitrogens is 2. The lowest BCUT2D eigenvalue weighted by atomic mass is 10.0. The Morgan fingerprint density at radius 2 is 2.00 bits per heavy atom. The van der Waals surface area contributed by atoms with Crippen LogP contribution < -0.4 is 0 Å². The monoisotopic (exact) mass is 349 g/mol. The predicted octanol–water partition coefficient (Wildman–Crippen LogP) is 0.353. The molecule has 8 heteroatoms. The van der Waals surface area contributed by atoms with Crippen molar-refractivity contribution in [2.45, 2.75) is 25.8 Å². The van der Waals surface area contributed by atoms with E-state index in [1.807, 2.05) is 0 Å². The van der Waals surface area contributed by atoms with Crippen molar-refractivity contribution < 1.29 is 14.7 Å². The first-order chi connectivity index (χ1) is 12.1. The van der Waals surface area contributed by atoms with Crippen LogP contribution in [0.3, 0.4) is 0 Å². The smallest absolute Gasteiger partial charge is 0.309 e. The van der Waals surface area contributed by atoms with Gasteiger partial charge in [0.1, 0.15) is 5.69 Å². The molecule has 8 nitrogen and oxygen atoms in total. The van der Waals surface area contributed by atoms with Gasteiger partial charge in [-0.3, -0.25) is 19.6 Å². The second-order valence-electron chi connectivity index (χ2n) is 6.92. The zero-order valence-electron chi connectivity index (χ0n) is 14.7. The second kappa shape index (κ2) is 7.97. The topological polar surface area (TPSA) is 92.8 Å². The Balaban J connectivity index is 1.68. The van der Waals surface area contributed by atoms with Gasteiger partial charge in [-0.2, -0.15) is 5.10 Å². The van der Waals surface area contributed by atoms with Crippen molar-refractivity contribution in [3.8, 4) is 0 Å². The number of rotatable bonds is 4. The summed E-state index contributed by atoms with van der Waals surface area (Å²) in [7, 11) is 0.